The number of carboxylic acid groups (broad SMARTS) is 1. The van der Waals surface area contributed by atoms with Crippen molar-refractivity contribution in [2.75, 3.05) is 0 Å². The second-order valence-electron chi connectivity index (χ2n) is 5.67. The molecule has 2 rings (SSSR count). The third-order valence-electron chi connectivity index (χ3n) is 3.79. The van der Waals surface area contributed by atoms with Crippen molar-refractivity contribution < 1.29 is 14.7 Å². The summed E-state index contributed by atoms with van der Waals surface area (Å²) >= 11 is 0. The smallest absolute Gasteiger partial charge is 0.326 e. The van der Waals surface area contributed by atoms with Crippen molar-refractivity contribution in [3.8, 4) is 0 Å². The van der Waals surface area contributed by atoms with Crippen molar-refractivity contribution in [2.24, 2.45) is 5.92 Å². The predicted molar refractivity (Wildman–Crippen MR) is 81.5 cm³/mol. The summed E-state index contributed by atoms with van der Waals surface area (Å²) in [4.78, 5) is 26.6. The fourth-order valence-corrected chi connectivity index (χ4v) is 2.34. The molecule has 1 aromatic heterocycles. The van der Waals surface area contributed by atoms with Gasteiger partial charge in [-0.2, -0.15) is 0 Å². The molecule has 0 aliphatic heterocycles. The second kappa shape index (κ2) is 5.60. The molecule has 0 saturated carbocycles. The zero-order valence-corrected chi connectivity index (χ0v) is 12.7. The van der Waals surface area contributed by atoms with Crippen molar-refractivity contribution in [2.45, 2.75) is 33.7 Å². The summed E-state index contributed by atoms with van der Waals surface area (Å²) in [7, 11) is 0. The van der Waals surface area contributed by atoms with Crippen LogP contribution in [0.2, 0.25) is 0 Å². The quantitative estimate of drug-likeness (QED) is 0.808. The third-order valence-corrected chi connectivity index (χ3v) is 3.79. The summed E-state index contributed by atoms with van der Waals surface area (Å²) in [5.74, 6) is -1.56. The van der Waals surface area contributed by atoms with Crippen LogP contribution in [0.4, 0.5) is 0 Å². The molecule has 0 radical (unpaired) electrons. The molecule has 5 heteroatoms. The van der Waals surface area contributed by atoms with Gasteiger partial charge in [-0.15, -0.1) is 0 Å². The van der Waals surface area contributed by atoms with E-state index >= 15 is 0 Å². The minimum atomic E-state index is -1.02. The van der Waals surface area contributed by atoms with Crippen LogP contribution in [-0.2, 0) is 4.79 Å². The van der Waals surface area contributed by atoms with Crippen LogP contribution in [-0.4, -0.2) is 28.0 Å². The highest BCUT2D eigenvalue weighted by atomic mass is 16.4. The van der Waals surface area contributed by atoms with Crippen molar-refractivity contribution >= 4 is 22.8 Å². The number of aromatic nitrogens is 1. The van der Waals surface area contributed by atoms with Crippen LogP contribution >= 0.6 is 0 Å². The monoisotopic (exact) mass is 288 g/mol. The molecule has 112 valence electrons. The van der Waals surface area contributed by atoms with Gasteiger partial charge in [0.15, 0.2) is 0 Å². The van der Waals surface area contributed by atoms with E-state index in [2.05, 4.69) is 10.3 Å². The standard InChI is InChI=1S/C16H20N2O3/c1-8(2)14(16(20)21)18-15(19)11-5-6-13-12(7-11)9(3)10(4)17-13/h5-8,14,17H,1-4H3,(H,18,19)(H,20,21). The SMILES string of the molecule is Cc1[nH]c2ccc(C(=O)NC(C(=O)O)C(C)C)cc2c1C. The van der Waals surface area contributed by atoms with Crippen LogP contribution in [0.1, 0.15) is 35.5 Å². The number of fused-ring (bicyclic) bond motifs is 1. The maximum absolute atomic E-state index is 12.2. The van der Waals surface area contributed by atoms with Crippen molar-refractivity contribution in [1.82, 2.24) is 10.3 Å². The Morgan fingerprint density at radius 3 is 2.48 bits per heavy atom. The number of hydrogen-bond acceptors (Lipinski definition) is 2. The van der Waals surface area contributed by atoms with Gasteiger partial charge in [0.25, 0.3) is 5.91 Å². The predicted octanol–water partition coefficient (Wildman–Crippen LogP) is 2.62. The molecule has 3 N–H and O–H groups in total. The molecule has 0 spiro atoms. The number of H-pyrrole nitrogens is 1. The zero-order valence-electron chi connectivity index (χ0n) is 12.7. The Kier molecular flexibility index (Phi) is 4.02. The fraction of sp³-hybridized carbons (Fsp3) is 0.375. The van der Waals surface area contributed by atoms with E-state index in [0.29, 0.717) is 5.56 Å². The molecule has 1 amide bonds. The number of carbonyl (C=O) groups excluding carboxylic acids is 1. The lowest BCUT2D eigenvalue weighted by molar-refractivity contribution is -0.140. The lowest BCUT2D eigenvalue weighted by atomic mass is 10.0. The highest BCUT2D eigenvalue weighted by Gasteiger charge is 2.24. The Balaban J connectivity index is 2.31. The van der Waals surface area contributed by atoms with Gasteiger partial charge in [-0.3, -0.25) is 4.79 Å². The summed E-state index contributed by atoms with van der Waals surface area (Å²) < 4.78 is 0. The number of aromatic amines is 1. The molecular formula is C16H20N2O3. The van der Waals surface area contributed by atoms with Crippen LogP contribution in [0.15, 0.2) is 18.2 Å². The Morgan fingerprint density at radius 1 is 1.24 bits per heavy atom. The molecular weight excluding hydrogens is 268 g/mol. The topological polar surface area (TPSA) is 82.2 Å². The van der Waals surface area contributed by atoms with Crippen molar-refractivity contribution in [3.05, 3.63) is 35.0 Å². The zero-order chi connectivity index (χ0) is 15.7. The summed E-state index contributed by atoms with van der Waals surface area (Å²) in [6, 6.07) is 4.45. The van der Waals surface area contributed by atoms with Gasteiger partial charge in [0.2, 0.25) is 0 Å². The summed E-state index contributed by atoms with van der Waals surface area (Å²) in [6.45, 7) is 7.50. The van der Waals surface area contributed by atoms with Crippen LogP contribution < -0.4 is 5.32 Å². The first-order valence-electron chi connectivity index (χ1n) is 6.94. The number of aliphatic carboxylic acids is 1. The van der Waals surface area contributed by atoms with E-state index in [9.17, 15) is 9.59 Å². The van der Waals surface area contributed by atoms with E-state index in [1.54, 1.807) is 26.0 Å². The first kappa shape index (κ1) is 15.1. The summed E-state index contributed by atoms with van der Waals surface area (Å²) in [5.41, 5.74) is 3.60. The lowest BCUT2D eigenvalue weighted by Gasteiger charge is -2.17. The molecule has 21 heavy (non-hydrogen) atoms. The molecule has 5 nitrogen and oxygen atoms in total. The van der Waals surface area contributed by atoms with Crippen LogP contribution in [0, 0.1) is 19.8 Å². The summed E-state index contributed by atoms with van der Waals surface area (Å²) in [5, 5.41) is 12.7. The van der Waals surface area contributed by atoms with E-state index in [-0.39, 0.29) is 11.8 Å². The number of nitrogens with one attached hydrogen (secondary N) is 2. The van der Waals surface area contributed by atoms with Gasteiger partial charge in [0.05, 0.1) is 0 Å². The number of carbonyl (C=O) groups is 2. The Hall–Kier alpha value is -2.30. The van der Waals surface area contributed by atoms with Crippen molar-refractivity contribution in [3.63, 3.8) is 0 Å². The van der Waals surface area contributed by atoms with Gasteiger partial charge in [0.1, 0.15) is 6.04 Å². The first-order valence-corrected chi connectivity index (χ1v) is 6.94. The van der Waals surface area contributed by atoms with Crippen LogP contribution in [0.3, 0.4) is 0 Å². The maximum atomic E-state index is 12.2. The van der Waals surface area contributed by atoms with E-state index in [1.807, 2.05) is 19.9 Å². The van der Waals surface area contributed by atoms with E-state index < -0.39 is 12.0 Å². The molecule has 2 aromatic rings. The fourth-order valence-electron chi connectivity index (χ4n) is 2.34. The Bertz CT molecular complexity index is 701. The Morgan fingerprint density at radius 2 is 1.90 bits per heavy atom. The minimum absolute atomic E-state index is 0.175. The van der Waals surface area contributed by atoms with Gasteiger partial charge in [0, 0.05) is 22.2 Å². The molecule has 0 fully saturated rings. The average Bonchev–Trinajstić information content (AvgIpc) is 2.70. The van der Waals surface area contributed by atoms with E-state index in [0.717, 1.165) is 22.2 Å². The normalized spacial score (nSPS) is 12.6. The molecule has 0 saturated heterocycles. The molecule has 1 atom stereocenters. The molecule has 1 aromatic carbocycles. The lowest BCUT2D eigenvalue weighted by Crippen LogP contribution is -2.44. The molecule has 0 aliphatic rings. The van der Waals surface area contributed by atoms with Crippen LogP contribution in [0.5, 0.6) is 0 Å². The molecule has 0 bridgehead atoms. The third kappa shape index (κ3) is 2.91. The van der Waals surface area contributed by atoms with Crippen LogP contribution in [0.25, 0.3) is 10.9 Å². The van der Waals surface area contributed by atoms with Gasteiger partial charge < -0.3 is 15.4 Å². The average molecular weight is 288 g/mol. The number of benzene rings is 1. The number of amides is 1. The van der Waals surface area contributed by atoms with E-state index in [4.69, 9.17) is 5.11 Å². The molecule has 1 heterocycles. The number of carboxylic acids is 1. The highest BCUT2D eigenvalue weighted by molar-refractivity contribution is 6.00. The molecule has 1 unspecified atom stereocenters. The van der Waals surface area contributed by atoms with Gasteiger partial charge >= 0.3 is 5.97 Å². The first-order chi connectivity index (χ1) is 9.81. The number of hydrogen-bond donors (Lipinski definition) is 3. The summed E-state index contributed by atoms with van der Waals surface area (Å²) in [6.07, 6.45) is 0. The van der Waals surface area contributed by atoms with Gasteiger partial charge in [-0.25, -0.2) is 4.79 Å². The maximum Gasteiger partial charge on any atom is 0.326 e. The highest BCUT2D eigenvalue weighted by Crippen LogP contribution is 2.22. The Labute approximate surface area is 123 Å². The molecule has 0 aliphatic carbocycles. The van der Waals surface area contributed by atoms with Gasteiger partial charge in [-0.1, -0.05) is 13.8 Å². The van der Waals surface area contributed by atoms with Gasteiger partial charge in [-0.05, 0) is 43.5 Å². The number of rotatable bonds is 4. The van der Waals surface area contributed by atoms with Crippen molar-refractivity contribution in [1.29, 1.82) is 0 Å². The van der Waals surface area contributed by atoms with E-state index in [1.165, 1.54) is 0 Å². The second-order valence-corrected chi connectivity index (χ2v) is 5.67. The largest absolute Gasteiger partial charge is 0.480 e. The number of aryl methyl sites for hydroxylation is 2. The minimum Gasteiger partial charge on any atom is -0.480 e.